The lowest BCUT2D eigenvalue weighted by molar-refractivity contribution is -0.116. The van der Waals surface area contributed by atoms with Crippen molar-refractivity contribution in [2.75, 3.05) is 18.4 Å². The standard InChI is InChI=1S/C20H24ClN3O/c21-18-3-1-2-4-19(18)23-20(25)6-5-16-9-13-24(14-10-16)15-17-7-11-22-12-8-17/h1-4,7-8,11-12,16H,5-6,9-10,13-15H2,(H,23,25). The van der Waals surface area contributed by atoms with Crippen molar-refractivity contribution in [3.05, 3.63) is 59.4 Å². The monoisotopic (exact) mass is 357 g/mol. The molecular weight excluding hydrogens is 334 g/mol. The predicted molar refractivity (Wildman–Crippen MR) is 102 cm³/mol. The third-order valence-corrected chi connectivity index (χ3v) is 5.12. The SMILES string of the molecule is O=C(CCC1CCN(Cc2ccncc2)CC1)Nc1ccccc1Cl. The highest BCUT2D eigenvalue weighted by molar-refractivity contribution is 6.33. The molecule has 0 spiro atoms. The quantitative estimate of drug-likeness (QED) is 0.835. The molecule has 1 aromatic heterocycles. The van der Waals surface area contributed by atoms with Crippen LogP contribution in [0.4, 0.5) is 5.69 Å². The van der Waals surface area contributed by atoms with Gasteiger partial charge in [-0.25, -0.2) is 0 Å². The molecule has 0 atom stereocenters. The molecule has 1 aliphatic heterocycles. The van der Waals surface area contributed by atoms with E-state index in [9.17, 15) is 4.79 Å². The first-order valence-corrected chi connectivity index (χ1v) is 9.24. The molecule has 1 saturated heterocycles. The van der Waals surface area contributed by atoms with Crippen molar-refractivity contribution in [3.8, 4) is 0 Å². The van der Waals surface area contributed by atoms with Gasteiger partial charge in [-0.1, -0.05) is 23.7 Å². The molecule has 0 bridgehead atoms. The van der Waals surface area contributed by atoms with Crippen molar-refractivity contribution in [1.29, 1.82) is 0 Å². The van der Waals surface area contributed by atoms with E-state index in [1.54, 1.807) is 6.07 Å². The predicted octanol–water partition coefficient (Wildman–Crippen LogP) is 4.37. The van der Waals surface area contributed by atoms with Crippen molar-refractivity contribution in [2.45, 2.75) is 32.2 Å². The number of piperidine rings is 1. The van der Waals surface area contributed by atoms with E-state index >= 15 is 0 Å². The molecule has 1 aromatic carbocycles. The molecule has 0 unspecified atom stereocenters. The Labute approximate surface area is 154 Å². The van der Waals surface area contributed by atoms with Crippen molar-refractivity contribution < 1.29 is 4.79 Å². The Kier molecular flexibility index (Phi) is 6.42. The van der Waals surface area contributed by atoms with E-state index in [4.69, 9.17) is 11.6 Å². The number of pyridine rings is 1. The van der Waals surface area contributed by atoms with Crippen molar-refractivity contribution >= 4 is 23.2 Å². The zero-order chi connectivity index (χ0) is 17.5. The summed E-state index contributed by atoms with van der Waals surface area (Å²) in [7, 11) is 0. The number of carbonyl (C=O) groups excluding carboxylic acids is 1. The number of anilines is 1. The minimum atomic E-state index is 0.0484. The number of hydrogen-bond donors (Lipinski definition) is 1. The number of nitrogens with zero attached hydrogens (tertiary/aromatic N) is 2. The fourth-order valence-corrected chi connectivity index (χ4v) is 3.47. The summed E-state index contributed by atoms with van der Waals surface area (Å²) in [4.78, 5) is 18.7. The highest BCUT2D eigenvalue weighted by Crippen LogP contribution is 2.24. The first-order valence-electron chi connectivity index (χ1n) is 8.86. The minimum Gasteiger partial charge on any atom is -0.325 e. The summed E-state index contributed by atoms with van der Waals surface area (Å²) in [6.07, 6.45) is 7.51. The summed E-state index contributed by atoms with van der Waals surface area (Å²) in [5.41, 5.74) is 2.01. The number of nitrogens with one attached hydrogen (secondary N) is 1. The molecule has 1 amide bonds. The van der Waals surface area contributed by atoms with Gasteiger partial charge in [0, 0.05) is 25.4 Å². The van der Waals surface area contributed by atoms with Crippen LogP contribution in [0.25, 0.3) is 0 Å². The van der Waals surface area contributed by atoms with E-state index in [1.807, 2.05) is 30.6 Å². The molecule has 2 aromatic rings. The molecule has 0 saturated carbocycles. The molecule has 3 rings (SSSR count). The number of carbonyl (C=O) groups is 1. The largest absolute Gasteiger partial charge is 0.325 e. The van der Waals surface area contributed by atoms with Gasteiger partial charge in [-0.15, -0.1) is 0 Å². The molecule has 4 nitrogen and oxygen atoms in total. The van der Waals surface area contributed by atoms with Crippen LogP contribution in [-0.2, 0) is 11.3 Å². The molecule has 2 heterocycles. The van der Waals surface area contributed by atoms with Gasteiger partial charge in [0.15, 0.2) is 0 Å². The summed E-state index contributed by atoms with van der Waals surface area (Å²) in [6, 6.07) is 11.5. The zero-order valence-electron chi connectivity index (χ0n) is 14.3. The van der Waals surface area contributed by atoms with E-state index in [2.05, 4.69) is 27.3 Å². The van der Waals surface area contributed by atoms with Gasteiger partial charge in [-0.05, 0) is 68.1 Å². The summed E-state index contributed by atoms with van der Waals surface area (Å²) in [5, 5.41) is 3.49. The Morgan fingerprint density at radius 2 is 1.88 bits per heavy atom. The maximum atomic E-state index is 12.1. The number of aromatic nitrogens is 1. The first kappa shape index (κ1) is 17.9. The van der Waals surface area contributed by atoms with Crippen LogP contribution >= 0.6 is 11.6 Å². The van der Waals surface area contributed by atoms with Crippen LogP contribution in [0.3, 0.4) is 0 Å². The highest BCUT2D eigenvalue weighted by Gasteiger charge is 2.20. The lowest BCUT2D eigenvalue weighted by atomic mass is 9.92. The Morgan fingerprint density at radius 1 is 1.16 bits per heavy atom. The van der Waals surface area contributed by atoms with Crippen LogP contribution in [0.15, 0.2) is 48.8 Å². The Balaban J connectivity index is 1.38. The summed E-state index contributed by atoms with van der Waals surface area (Å²) in [5.74, 6) is 0.679. The molecular formula is C20H24ClN3O. The van der Waals surface area contributed by atoms with Gasteiger partial charge < -0.3 is 5.32 Å². The van der Waals surface area contributed by atoms with E-state index in [0.29, 0.717) is 23.0 Å². The van der Waals surface area contributed by atoms with Gasteiger partial charge in [0.25, 0.3) is 0 Å². The van der Waals surface area contributed by atoms with Crippen LogP contribution in [0.1, 0.15) is 31.2 Å². The van der Waals surface area contributed by atoms with Gasteiger partial charge in [0.2, 0.25) is 5.91 Å². The van der Waals surface area contributed by atoms with E-state index in [1.165, 1.54) is 5.56 Å². The van der Waals surface area contributed by atoms with Crippen LogP contribution in [-0.4, -0.2) is 28.9 Å². The maximum Gasteiger partial charge on any atom is 0.224 e. The average Bonchev–Trinajstić information content (AvgIpc) is 2.64. The lowest BCUT2D eigenvalue weighted by Crippen LogP contribution is -2.33. The van der Waals surface area contributed by atoms with Gasteiger partial charge in [0.05, 0.1) is 10.7 Å². The molecule has 0 aliphatic carbocycles. The Bertz CT molecular complexity index is 684. The molecule has 5 heteroatoms. The minimum absolute atomic E-state index is 0.0484. The Hall–Kier alpha value is -1.91. The molecule has 0 radical (unpaired) electrons. The van der Waals surface area contributed by atoms with Crippen molar-refractivity contribution in [1.82, 2.24) is 9.88 Å². The number of rotatable bonds is 6. The van der Waals surface area contributed by atoms with Gasteiger partial charge in [-0.2, -0.15) is 0 Å². The molecule has 25 heavy (non-hydrogen) atoms. The topological polar surface area (TPSA) is 45.2 Å². The third kappa shape index (κ3) is 5.55. The number of benzene rings is 1. The van der Waals surface area contributed by atoms with Gasteiger partial charge >= 0.3 is 0 Å². The van der Waals surface area contributed by atoms with Crippen LogP contribution < -0.4 is 5.32 Å². The fourth-order valence-electron chi connectivity index (χ4n) is 3.29. The lowest BCUT2D eigenvalue weighted by Gasteiger charge is -2.31. The summed E-state index contributed by atoms with van der Waals surface area (Å²) < 4.78 is 0. The van der Waals surface area contributed by atoms with Crippen molar-refractivity contribution in [3.63, 3.8) is 0 Å². The first-order chi connectivity index (χ1) is 12.2. The molecule has 1 fully saturated rings. The average molecular weight is 358 g/mol. The second kappa shape index (κ2) is 8.97. The number of likely N-dealkylation sites (tertiary alicyclic amines) is 1. The van der Waals surface area contributed by atoms with Crippen LogP contribution in [0, 0.1) is 5.92 Å². The van der Waals surface area contributed by atoms with Crippen molar-refractivity contribution in [2.24, 2.45) is 5.92 Å². The third-order valence-electron chi connectivity index (χ3n) is 4.79. The fraction of sp³-hybridized carbons (Fsp3) is 0.400. The maximum absolute atomic E-state index is 12.1. The second-order valence-corrected chi connectivity index (χ2v) is 7.05. The smallest absolute Gasteiger partial charge is 0.224 e. The van der Waals surface area contributed by atoms with Gasteiger partial charge in [0.1, 0.15) is 0 Å². The van der Waals surface area contributed by atoms with Gasteiger partial charge in [-0.3, -0.25) is 14.7 Å². The molecule has 132 valence electrons. The van der Waals surface area contributed by atoms with E-state index in [0.717, 1.165) is 38.9 Å². The second-order valence-electron chi connectivity index (χ2n) is 6.64. The summed E-state index contributed by atoms with van der Waals surface area (Å²) in [6.45, 7) is 3.18. The van der Waals surface area contributed by atoms with E-state index < -0.39 is 0 Å². The highest BCUT2D eigenvalue weighted by atomic mass is 35.5. The number of hydrogen-bond acceptors (Lipinski definition) is 3. The Morgan fingerprint density at radius 3 is 2.60 bits per heavy atom. The number of para-hydroxylation sites is 1. The zero-order valence-corrected chi connectivity index (χ0v) is 15.1. The molecule has 1 aliphatic rings. The summed E-state index contributed by atoms with van der Waals surface area (Å²) >= 11 is 6.08. The van der Waals surface area contributed by atoms with Crippen LogP contribution in [0.2, 0.25) is 5.02 Å². The van der Waals surface area contributed by atoms with E-state index in [-0.39, 0.29) is 5.91 Å². The molecule has 1 N–H and O–H groups in total. The number of halogens is 1. The normalized spacial score (nSPS) is 15.9. The number of amides is 1. The van der Waals surface area contributed by atoms with Crippen LogP contribution in [0.5, 0.6) is 0 Å².